The standard InChI is InChI=1S/C14H21N5O/c1-5-18-11(4)12(9-16-18)10(3)17-14(20)13-7-8-15-19(13)6-2/h7-10H,5-6H2,1-4H3,(H,17,20). The fraction of sp³-hybridized carbons (Fsp3) is 0.500. The van der Waals surface area contributed by atoms with E-state index in [-0.39, 0.29) is 11.9 Å². The van der Waals surface area contributed by atoms with Gasteiger partial charge in [0.15, 0.2) is 0 Å². The Kier molecular flexibility index (Phi) is 4.22. The zero-order valence-electron chi connectivity index (χ0n) is 12.4. The number of hydrogen-bond acceptors (Lipinski definition) is 3. The number of amides is 1. The van der Waals surface area contributed by atoms with E-state index in [0.717, 1.165) is 17.8 Å². The molecule has 0 aliphatic rings. The van der Waals surface area contributed by atoms with Crippen LogP contribution in [0, 0.1) is 6.92 Å². The molecule has 0 saturated carbocycles. The molecule has 2 aromatic rings. The van der Waals surface area contributed by atoms with Gasteiger partial charge in [-0.3, -0.25) is 14.2 Å². The van der Waals surface area contributed by atoms with Gasteiger partial charge in [0.2, 0.25) is 0 Å². The first kappa shape index (κ1) is 14.3. The van der Waals surface area contributed by atoms with E-state index < -0.39 is 0 Å². The molecule has 6 nitrogen and oxygen atoms in total. The molecule has 108 valence electrons. The normalized spacial score (nSPS) is 12.4. The second kappa shape index (κ2) is 5.90. The van der Waals surface area contributed by atoms with Gasteiger partial charge in [-0.1, -0.05) is 0 Å². The molecule has 1 unspecified atom stereocenters. The van der Waals surface area contributed by atoms with Gasteiger partial charge in [-0.15, -0.1) is 0 Å². The fourth-order valence-electron chi connectivity index (χ4n) is 2.33. The first-order valence-corrected chi connectivity index (χ1v) is 6.93. The van der Waals surface area contributed by atoms with Crippen molar-refractivity contribution in [1.29, 1.82) is 0 Å². The van der Waals surface area contributed by atoms with E-state index in [0.29, 0.717) is 12.2 Å². The largest absolute Gasteiger partial charge is 0.344 e. The van der Waals surface area contributed by atoms with Crippen molar-refractivity contribution in [1.82, 2.24) is 24.9 Å². The molecule has 2 aromatic heterocycles. The SMILES string of the molecule is CCn1nccc1C(=O)NC(C)c1cnn(CC)c1C. The van der Waals surface area contributed by atoms with Crippen LogP contribution in [0.5, 0.6) is 0 Å². The predicted octanol–water partition coefficient (Wildman–Crippen LogP) is 1.92. The maximum atomic E-state index is 12.3. The van der Waals surface area contributed by atoms with Crippen LogP contribution in [0.4, 0.5) is 0 Å². The zero-order valence-corrected chi connectivity index (χ0v) is 12.4. The molecule has 2 heterocycles. The van der Waals surface area contributed by atoms with Crippen molar-refractivity contribution in [2.24, 2.45) is 0 Å². The molecule has 0 aromatic carbocycles. The minimum Gasteiger partial charge on any atom is -0.344 e. The van der Waals surface area contributed by atoms with E-state index in [2.05, 4.69) is 15.5 Å². The highest BCUT2D eigenvalue weighted by Gasteiger charge is 2.18. The molecule has 6 heteroatoms. The van der Waals surface area contributed by atoms with Crippen LogP contribution in [0.2, 0.25) is 0 Å². The zero-order chi connectivity index (χ0) is 14.7. The van der Waals surface area contributed by atoms with Crippen molar-refractivity contribution in [3.05, 3.63) is 35.4 Å². The highest BCUT2D eigenvalue weighted by Crippen LogP contribution is 2.17. The number of carbonyl (C=O) groups excluding carboxylic acids is 1. The molecule has 0 spiro atoms. The van der Waals surface area contributed by atoms with Crippen molar-refractivity contribution >= 4 is 5.91 Å². The van der Waals surface area contributed by atoms with Gasteiger partial charge in [0.1, 0.15) is 5.69 Å². The Labute approximate surface area is 118 Å². The molecule has 0 bridgehead atoms. The maximum absolute atomic E-state index is 12.3. The van der Waals surface area contributed by atoms with Gasteiger partial charge in [-0.2, -0.15) is 10.2 Å². The summed E-state index contributed by atoms with van der Waals surface area (Å²) in [5.74, 6) is -0.111. The highest BCUT2D eigenvalue weighted by molar-refractivity contribution is 5.92. The summed E-state index contributed by atoms with van der Waals surface area (Å²) in [6.45, 7) is 9.50. The summed E-state index contributed by atoms with van der Waals surface area (Å²) in [5, 5.41) is 11.4. The van der Waals surface area contributed by atoms with Crippen LogP contribution in [0.1, 0.15) is 48.6 Å². The second-order valence-corrected chi connectivity index (χ2v) is 4.73. The summed E-state index contributed by atoms with van der Waals surface area (Å²) in [6.07, 6.45) is 3.46. The van der Waals surface area contributed by atoms with E-state index in [9.17, 15) is 4.79 Å². The third kappa shape index (κ3) is 2.59. The Morgan fingerprint density at radius 2 is 2.00 bits per heavy atom. The average molecular weight is 275 g/mol. The lowest BCUT2D eigenvalue weighted by molar-refractivity contribution is 0.0929. The molecule has 0 saturated heterocycles. The van der Waals surface area contributed by atoms with Gasteiger partial charge >= 0.3 is 0 Å². The lowest BCUT2D eigenvalue weighted by Crippen LogP contribution is -2.29. The number of hydrogen-bond donors (Lipinski definition) is 1. The first-order valence-electron chi connectivity index (χ1n) is 6.93. The Bertz CT molecular complexity index is 598. The lowest BCUT2D eigenvalue weighted by atomic mass is 10.1. The predicted molar refractivity (Wildman–Crippen MR) is 76.4 cm³/mol. The minimum absolute atomic E-state index is 0.0805. The van der Waals surface area contributed by atoms with Gasteiger partial charge in [-0.25, -0.2) is 0 Å². The molecule has 1 atom stereocenters. The Balaban J connectivity index is 2.13. The smallest absolute Gasteiger partial charge is 0.270 e. The molecule has 0 fully saturated rings. The van der Waals surface area contributed by atoms with E-state index in [1.54, 1.807) is 16.9 Å². The Morgan fingerprint density at radius 1 is 1.30 bits per heavy atom. The van der Waals surface area contributed by atoms with Crippen LogP contribution >= 0.6 is 0 Å². The average Bonchev–Trinajstić information content (AvgIpc) is 3.04. The highest BCUT2D eigenvalue weighted by atomic mass is 16.2. The van der Waals surface area contributed by atoms with E-state index in [1.807, 2.05) is 38.6 Å². The summed E-state index contributed by atoms with van der Waals surface area (Å²) >= 11 is 0. The summed E-state index contributed by atoms with van der Waals surface area (Å²) in [6, 6.07) is 1.65. The molecule has 0 radical (unpaired) electrons. The molecular formula is C14H21N5O. The quantitative estimate of drug-likeness (QED) is 0.906. The number of carbonyl (C=O) groups is 1. The van der Waals surface area contributed by atoms with Crippen LogP contribution in [-0.4, -0.2) is 25.5 Å². The van der Waals surface area contributed by atoms with Crippen LogP contribution in [0.3, 0.4) is 0 Å². The summed E-state index contributed by atoms with van der Waals surface area (Å²) < 4.78 is 3.61. The van der Waals surface area contributed by atoms with Crippen molar-refractivity contribution < 1.29 is 4.79 Å². The molecule has 1 N–H and O–H groups in total. The van der Waals surface area contributed by atoms with Gasteiger partial charge < -0.3 is 5.32 Å². The van der Waals surface area contributed by atoms with E-state index in [1.165, 1.54) is 0 Å². The maximum Gasteiger partial charge on any atom is 0.270 e. The molecule has 0 aliphatic heterocycles. The van der Waals surface area contributed by atoms with Crippen LogP contribution in [-0.2, 0) is 13.1 Å². The van der Waals surface area contributed by atoms with Gasteiger partial charge in [0.05, 0.1) is 12.2 Å². The van der Waals surface area contributed by atoms with E-state index in [4.69, 9.17) is 0 Å². The van der Waals surface area contributed by atoms with Gasteiger partial charge in [0, 0.05) is 30.5 Å². The Hall–Kier alpha value is -2.11. The number of nitrogens with zero attached hydrogens (tertiary/aromatic N) is 4. The number of nitrogens with one attached hydrogen (secondary N) is 1. The third-order valence-electron chi connectivity index (χ3n) is 3.50. The van der Waals surface area contributed by atoms with Gasteiger partial charge in [0.25, 0.3) is 5.91 Å². The molecule has 2 rings (SSSR count). The van der Waals surface area contributed by atoms with Crippen molar-refractivity contribution in [3.8, 4) is 0 Å². The molecular weight excluding hydrogens is 254 g/mol. The van der Waals surface area contributed by atoms with Gasteiger partial charge in [-0.05, 0) is 33.8 Å². The molecule has 0 aliphatic carbocycles. The summed E-state index contributed by atoms with van der Waals surface area (Å²) in [7, 11) is 0. The summed E-state index contributed by atoms with van der Waals surface area (Å²) in [5.41, 5.74) is 2.71. The number of aryl methyl sites for hydroxylation is 2. The van der Waals surface area contributed by atoms with Crippen molar-refractivity contribution in [3.63, 3.8) is 0 Å². The minimum atomic E-state index is -0.111. The first-order chi connectivity index (χ1) is 9.58. The second-order valence-electron chi connectivity index (χ2n) is 4.73. The Morgan fingerprint density at radius 3 is 2.60 bits per heavy atom. The summed E-state index contributed by atoms with van der Waals surface area (Å²) in [4.78, 5) is 12.3. The van der Waals surface area contributed by atoms with Crippen LogP contribution in [0.15, 0.2) is 18.5 Å². The third-order valence-corrected chi connectivity index (χ3v) is 3.50. The van der Waals surface area contributed by atoms with Crippen LogP contribution in [0.25, 0.3) is 0 Å². The van der Waals surface area contributed by atoms with Crippen molar-refractivity contribution in [2.75, 3.05) is 0 Å². The fourth-order valence-corrected chi connectivity index (χ4v) is 2.33. The number of aromatic nitrogens is 4. The van der Waals surface area contributed by atoms with Crippen LogP contribution < -0.4 is 5.32 Å². The topological polar surface area (TPSA) is 64.7 Å². The lowest BCUT2D eigenvalue weighted by Gasteiger charge is -2.14. The van der Waals surface area contributed by atoms with Crippen molar-refractivity contribution in [2.45, 2.75) is 46.8 Å². The molecule has 20 heavy (non-hydrogen) atoms. The monoisotopic (exact) mass is 275 g/mol. The van der Waals surface area contributed by atoms with E-state index >= 15 is 0 Å². The number of rotatable bonds is 5. The molecule has 1 amide bonds.